The van der Waals surface area contributed by atoms with Gasteiger partial charge in [-0.1, -0.05) is 25.0 Å². The second kappa shape index (κ2) is 7.94. The Morgan fingerprint density at radius 1 is 1.36 bits per heavy atom. The van der Waals surface area contributed by atoms with Gasteiger partial charge in [0.1, 0.15) is 5.82 Å². The summed E-state index contributed by atoms with van der Waals surface area (Å²) in [6.07, 6.45) is 4.61. The summed E-state index contributed by atoms with van der Waals surface area (Å²) >= 11 is 0. The molecule has 2 heterocycles. The molecule has 25 heavy (non-hydrogen) atoms. The number of carbonyl (C=O) groups excluding carboxylic acids is 1. The van der Waals surface area contributed by atoms with Crippen LogP contribution in [0.5, 0.6) is 0 Å². The maximum absolute atomic E-state index is 12.9. The molecule has 138 valence electrons. The number of hydrogen-bond donors (Lipinski definition) is 2. The highest BCUT2D eigenvalue weighted by Crippen LogP contribution is 2.43. The summed E-state index contributed by atoms with van der Waals surface area (Å²) in [7, 11) is 2.01. The van der Waals surface area contributed by atoms with Gasteiger partial charge in [-0.15, -0.1) is 24.8 Å². The average molecular weight is 385 g/mol. The van der Waals surface area contributed by atoms with Crippen molar-refractivity contribution in [2.24, 2.45) is 18.4 Å². The first-order valence-corrected chi connectivity index (χ1v) is 8.60. The number of benzene rings is 1. The molecule has 0 unspecified atom stereocenters. The molecule has 7 heteroatoms. The number of fused-ring (bicyclic) bond motifs is 2. The van der Waals surface area contributed by atoms with Gasteiger partial charge in [-0.05, 0) is 37.4 Å². The minimum Gasteiger partial charge on any atom is -0.348 e. The number of amides is 1. The van der Waals surface area contributed by atoms with Crippen LogP contribution in [0.1, 0.15) is 31.5 Å². The molecule has 2 N–H and O–H groups in total. The smallest absolute Gasteiger partial charge is 0.228 e. The van der Waals surface area contributed by atoms with Crippen LogP contribution >= 0.6 is 24.8 Å². The number of aryl methyl sites for hydroxylation is 1. The SMILES string of the molecule is Cl.Cl.Cn1c(CNC(=O)[C@@]23CCCC[C@H]2CNC3)nc2ccccc21. The third-order valence-electron chi connectivity index (χ3n) is 5.78. The Morgan fingerprint density at radius 3 is 2.96 bits per heavy atom. The van der Waals surface area contributed by atoms with Gasteiger partial charge in [-0.25, -0.2) is 4.98 Å². The van der Waals surface area contributed by atoms with Gasteiger partial charge in [0.2, 0.25) is 5.91 Å². The topological polar surface area (TPSA) is 59.0 Å². The molecule has 1 saturated carbocycles. The van der Waals surface area contributed by atoms with E-state index in [0.29, 0.717) is 12.5 Å². The number of imidazole rings is 1. The molecule has 2 aliphatic rings. The fourth-order valence-electron chi connectivity index (χ4n) is 4.38. The molecule has 0 radical (unpaired) electrons. The van der Waals surface area contributed by atoms with Crippen molar-refractivity contribution >= 4 is 41.8 Å². The van der Waals surface area contributed by atoms with E-state index in [0.717, 1.165) is 42.8 Å². The van der Waals surface area contributed by atoms with Gasteiger partial charge in [-0.2, -0.15) is 0 Å². The monoisotopic (exact) mass is 384 g/mol. The second-order valence-corrected chi connectivity index (χ2v) is 6.99. The Bertz CT molecular complexity index is 748. The first kappa shape index (κ1) is 20.0. The first-order chi connectivity index (χ1) is 11.2. The Hall–Kier alpha value is -1.30. The molecule has 4 rings (SSSR count). The second-order valence-electron chi connectivity index (χ2n) is 6.99. The average Bonchev–Trinajstić information content (AvgIpc) is 3.15. The van der Waals surface area contributed by atoms with Crippen molar-refractivity contribution in [1.29, 1.82) is 0 Å². The number of hydrogen-bond acceptors (Lipinski definition) is 3. The van der Waals surface area contributed by atoms with Crippen LogP contribution in [0, 0.1) is 11.3 Å². The van der Waals surface area contributed by atoms with E-state index in [1.807, 2.05) is 25.2 Å². The van der Waals surface area contributed by atoms with Crippen molar-refractivity contribution in [2.75, 3.05) is 13.1 Å². The normalized spacial score (nSPS) is 24.9. The molecule has 1 aliphatic carbocycles. The number of carbonyl (C=O) groups is 1. The fraction of sp³-hybridized carbons (Fsp3) is 0.556. The lowest BCUT2D eigenvalue weighted by atomic mass is 9.67. The van der Waals surface area contributed by atoms with Gasteiger partial charge in [0.15, 0.2) is 0 Å². The molecule has 1 amide bonds. The van der Waals surface area contributed by atoms with Crippen LogP contribution in [0.2, 0.25) is 0 Å². The summed E-state index contributed by atoms with van der Waals surface area (Å²) < 4.78 is 2.07. The van der Waals surface area contributed by atoms with Crippen LogP contribution in [-0.4, -0.2) is 28.5 Å². The highest BCUT2D eigenvalue weighted by molar-refractivity contribution is 5.85. The van der Waals surface area contributed by atoms with Crippen molar-refractivity contribution < 1.29 is 4.79 Å². The Morgan fingerprint density at radius 2 is 2.16 bits per heavy atom. The van der Waals surface area contributed by atoms with Crippen molar-refractivity contribution in [1.82, 2.24) is 20.2 Å². The van der Waals surface area contributed by atoms with E-state index in [9.17, 15) is 4.79 Å². The number of halogens is 2. The molecular formula is C18H26Cl2N4O. The number of aromatic nitrogens is 2. The molecule has 2 aromatic rings. The van der Waals surface area contributed by atoms with E-state index < -0.39 is 0 Å². The fourth-order valence-corrected chi connectivity index (χ4v) is 4.38. The molecule has 1 saturated heterocycles. The maximum Gasteiger partial charge on any atom is 0.228 e. The zero-order valence-corrected chi connectivity index (χ0v) is 16.1. The van der Waals surface area contributed by atoms with Gasteiger partial charge in [0.25, 0.3) is 0 Å². The summed E-state index contributed by atoms with van der Waals surface area (Å²) in [5.74, 6) is 1.62. The summed E-state index contributed by atoms with van der Waals surface area (Å²) in [6, 6.07) is 8.08. The number of nitrogens with zero attached hydrogens (tertiary/aromatic N) is 2. The lowest BCUT2D eigenvalue weighted by Gasteiger charge is -2.37. The summed E-state index contributed by atoms with van der Waals surface area (Å²) in [6.45, 7) is 2.31. The number of rotatable bonds is 3. The van der Waals surface area contributed by atoms with E-state index in [2.05, 4.69) is 26.3 Å². The van der Waals surface area contributed by atoms with Crippen molar-refractivity contribution in [3.8, 4) is 0 Å². The standard InChI is InChI=1S/C18H24N4O.2ClH/c1-22-15-8-3-2-7-14(15)21-16(22)11-20-17(23)18-9-5-4-6-13(18)10-19-12-18;;/h2-3,7-8,13,19H,4-6,9-12H2,1H3,(H,20,23);2*1H/t13-,18+;;/m0../s1. The van der Waals surface area contributed by atoms with Crippen LogP contribution < -0.4 is 10.6 Å². The zero-order valence-electron chi connectivity index (χ0n) is 14.5. The van der Waals surface area contributed by atoms with Crippen LogP contribution in [-0.2, 0) is 18.4 Å². The lowest BCUT2D eigenvalue weighted by molar-refractivity contribution is -0.134. The molecule has 1 aromatic heterocycles. The highest BCUT2D eigenvalue weighted by atomic mass is 35.5. The summed E-state index contributed by atoms with van der Waals surface area (Å²) in [5.41, 5.74) is 1.89. The number of nitrogens with one attached hydrogen (secondary N) is 2. The molecule has 1 aromatic carbocycles. The molecular weight excluding hydrogens is 359 g/mol. The largest absolute Gasteiger partial charge is 0.348 e. The highest BCUT2D eigenvalue weighted by Gasteiger charge is 2.49. The van der Waals surface area contributed by atoms with Crippen molar-refractivity contribution in [3.63, 3.8) is 0 Å². The van der Waals surface area contributed by atoms with Crippen LogP contribution in [0.3, 0.4) is 0 Å². The van der Waals surface area contributed by atoms with Gasteiger partial charge < -0.3 is 15.2 Å². The Kier molecular flexibility index (Phi) is 6.35. The summed E-state index contributed by atoms with van der Waals surface area (Å²) in [4.78, 5) is 17.6. The van der Waals surface area contributed by atoms with Crippen LogP contribution in [0.25, 0.3) is 11.0 Å². The molecule has 0 bridgehead atoms. The lowest BCUT2D eigenvalue weighted by Crippen LogP contribution is -2.47. The van der Waals surface area contributed by atoms with Gasteiger partial charge >= 0.3 is 0 Å². The van der Waals surface area contributed by atoms with Crippen LogP contribution in [0.4, 0.5) is 0 Å². The van der Waals surface area contributed by atoms with Crippen molar-refractivity contribution in [2.45, 2.75) is 32.2 Å². The third-order valence-corrected chi connectivity index (χ3v) is 5.78. The van der Waals surface area contributed by atoms with E-state index in [4.69, 9.17) is 0 Å². The predicted molar refractivity (Wildman–Crippen MR) is 104 cm³/mol. The van der Waals surface area contributed by atoms with Gasteiger partial charge in [0.05, 0.1) is 23.0 Å². The maximum atomic E-state index is 12.9. The molecule has 2 fully saturated rings. The molecule has 5 nitrogen and oxygen atoms in total. The minimum absolute atomic E-state index is 0. The summed E-state index contributed by atoms with van der Waals surface area (Å²) in [5, 5.41) is 6.61. The Labute approximate surface area is 160 Å². The zero-order chi connectivity index (χ0) is 15.9. The van der Waals surface area contributed by atoms with E-state index in [1.54, 1.807) is 0 Å². The Balaban J connectivity index is 0.00000113. The molecule has 0 spiro atoms. The quantitative estimate of drug-likeness (QED) is 0.854. The molecule has 1 aliphatic heterocycles. The first-order valence-electron chi connectivity index (χ1n) is 8.60. The third kappa shape index (κ3) is 3.37. The van der Waals surface area contributed by atoms with Crippen LogP contribution in [0.15, 0.2) is 24.3 Å². The van der Waals surface area contributed by atoms with E-state index in [-0.39, 0.29) is 36.1 Å². The van der Waals surface area contributed by atoms with Crippen molar-refractivity contribution in [3.05, 3.63) is 30.1 Å². The van der Waals surface area contributed by atoms with Gasteiger partial charge in [-0.3, -0.25) is 4.79 Å². The van der Waals surface area contributed by atoms with E-state index in [1.165, 1.54) is 12.8 Å². The number of para-hydroxylation sites is 2. The minimum atomic E-state index is -0.192. The predicted octanol–water partition coefficient (Wildman–Crippen LogP) is 2.81. The molecule has 2 atom stereocenters. The van der Waals surface area contributed by atoms with Gasteiger partial charge in [0, 0.05) is 13.6 Å². The van der Waals surface area contributed by atoms with E-state index >= 15 is 0 Å².